The molecule has 0 aliphatic rings. The number of anilines is 1. The first kappa shape index (κ1) is 15.5. The normalized spacial score (nSPS) is 11.9. The highest BCUT2D eigenvalue weighted by atomic mass is 16.5. The molecule has 2 rings (SSSR count). The van der Waals surface area contributed by atoms with Crippen LogP contribution in [0, 0.1) is 25.2 Å². The Labute approximate surface area is 127 Å². The maximum Gasteiger partial charge on any atom is 0.304 e. The molecule has 0 aliphatic heterocycles. The van der Waals surface area contributed by atoms with Crippen LogP contribution in [0.3, 0.4) is 0 Å². The molecule has 7 heteroatoms. The Morgan fingerprint density at radius 1 is 1.55 bits per heavy atom. The molecule has 0 radical (unpaired) electrons. The molecule has 0 bridgehead atoms. The molecule has 0 spiro atoms. The summed E-state index contributed by atoms with van der Waals surface area (Å²) in [6.45, 7) is 5.26. The van der Waals surface area contributed by atoms with Gasteiger partial charge in [-0.25, -0.2) is 4.98 Å². The van der Waals surface area contributed by atoms with Gasteiger partial charge in [-0.15, -0.1) is 0 Å². The highest BCUT2D eigenvalue weighted by Crippen LogP contribution is 2.34. The zero-order valence-corrected chi connectivity index (χ0v) is 12.5. The molecule has 0 fully saturated rings. The van der Waals surface area contributed by atoms with Crippen LogP contribution in [0.15, 0.2) is 10.6 Å². The molecule has 2 aromatic rings. The van der Waals surface area contributed by atoms with Crippen molar-refractivity contribution >= 4 is 11.8 Å². The van der Waals surface area contributed by atoms with E-state index in [1.807, 2.05) is 6.07 Å². The molecule has 0 saturated carbocycles. The Morgan fingerprint density at radius 3 is 2.73 bits per heavy atom. The maximum absolute atomic E-state index is 10.9. The summed E-state index contributed by atoms with van der Waals surface area (Å²) in [6.07, 6.45) is -0.0701. The van der Waals surface area contributed by atoms with Crippen molar-refractivity contribution in [1.29, 1.82) is 5.26 Å². The summed E-state index contributed by atoms with van der Waals surface area (Å²) >= 11 is 0. The fourth-order valence-electron chi connectivity index (χ4n) is 2.39. The van der Waals surface area contributed by atoms with Gasteiger partial charge in [0.25, 0.3) is 0 Å². The third-order valence-corrected chi connectivity index (χ3v) is 3.47. The molecule has 0 aromatic carbocycles. The number of aliphatic carboxylic acids is 1. The molecule has 3 N–H and O–H groups in total. The van der Waals surface area contributed by atoms with E-state index in [4.69, 9.17) is 15.4 Å². The van der Waals surface area contributed by atoms with E-state index in [0.717, 1.165) is 0 Å². The minimum Gasteiger partial charge on any atom is -0.481 e. The van der Waals surface area contributed by atoms with Crippen LogP contribution < -0.4 is 5.73 Å². The summed E-state index contributed by atoms with van der Waals surface area (Å²) in [5, 5.41) is 22.1. The SMILES string of the molecule is Cc1noc(C)c1-c1cc(C(C)CC(=O)O)nc(N)c1C#N. The third-order valence-electron chi connectivity index (χ3n) is 3.47. The van der Waals surface area contributed by atoms with Crippen LogP contribution in [0.5, 0.6) is 0 Å². The molecule has 114 valence electrons. The summed E-state index contributed by atoms with van der Waals surface area (Å²) in [5.41, 5.74) is 8.53. The molecule has 2 aromatic heterocycles. The third kappa shape index (κ3) is 2.76. The molecule has 7 nitrogen and oxygen atoms in total. The van der Waals surface area contributed by atoms with Crippen molar-refractivity contribution in [1.82, 2.24) is 10.1 Å². The number of nitrogens with zero attached hydrogens (tertiary/aromatic N) is 3. The molecule has 0 saturated heterocycles. The molecule has 0 amide bonds. The average molecular weight is 300 g/mol. The molecule has 1 atom stereocenters. The van der Waals surface area contributed by atoms with Crippen molar-refractivity contribution in [3.05, 3.63) is 28.8 Å². The second-order valence-corrected chi connectivity index (χ2v) is 5.16. The molecule has 0 aliphatic carbocycles. The summed E-state index contributed by atoms with van der Waals surface area (Å²) in [7, 11) is 0. The van der Waals surface area contributed by atoms with Crippen molar-refractivity contribution in [2.45, 2.75) is 33.1 Å². The monoisotopic (exact) mass is 300 g/mol. The van der Waals surface area contributed by atoms with Crippen LogP contribution in [0.1, 0.15) is 42.0 Å². The topological polar surface area (TPSA) is 126 Å². The summed E-state index contributed by atoms with van der Waals surface area (Å²) in [6, 6.07) is 3.73. The van der Waals surface area contributed by atoms with Gasteiger partial charge in [-0.3, -0.25) is 4.79 Å². The number of nitrogen functional groups attached to an aromatic ring is 1. The number of nitrogens with two attached hydrogens (primary N) is 1. The number of aryl methyl sites for hydroxylation is 2. The van der Waals surface area contributed by atoms with Gasteiger partial charge >= 0.3 is 5.97 Å². The Morgan fingerprint density at radius 2 is 2.23 bits per heavy atom. The number of rotatable bonds is 4. The lowest BCUT2D eigenvalue weighted by atomic mass is 9.95. The van der Waals surface area contributed by atoms with Gasteiger partial charge in [0.1, 0.15) is 23.2 Å². The van der Waals surface area contributed by atoms with E-state index in [-0.39, 0.29) is 23.7 Å². The predicted molar refractivity (Wildman–Crippen MR) is 79.0 cm³/mol. The van der Waals surface area contributed by atoms with E-state index in [0.29, 0.717) is 28.3 Å². The van der Waals surface area contributed by atoms with E-state index >= 15 is 0 Å². The number of hydrogen-bond acceptors (Lipinski definition) is 6. The number of carboxylic acids is 1. The molecule has 22 heavy (non-hydrogen) atoms. The first-order valence-corrected chi connectivity index (χ1v) is 6.70. The van der Waals surface area contributed by atoms with Gasteiger partial charge in [-0.1, -0.05) is 12.1 Å². The Balaban J connectivity index is 2.65. The highest BCUT2D eigenvalue weighted by Gasteiger charge is 2.21. The number of carbonyl (C=O) groups is 1. The van der Waals surface area contributed by atoms with Crippen molar-refractivity contribution in [3.63, 3.8) is 0 Å². The standard InChI is InChI=1S/C15H16N4O3/c1-7(4-13(20)21)12-5-10(11(6-16)15(17)18-12)14-8(2)19-22-9(14)3/h5,7H,4H2,1-3H3,(H2,17,18)(H,20,21). The lowest BCUT2D eigenvalue weighted by molar-refractivity contribution is -0.137. The minimum absolute atomic E-state index is 0.0701. The minimum atomic E-state index is -0.920. The van der Waals surface area contributed by atoms with Crippen molar-refractivity contribution in [2.24, 2.45) is 0 Å². The van der Waals surface area contributed by atoms with Gasteiger partial charge in [0, 0.05) is 22.7 Å². The van der Waals surface area contributed by atoms with Gasteiger partial charge < -0.3 is 15.4 Å². The van der Waals surface area contributed by atoms with Crippen LogP contribution in [-0.4, -0.2) is 21.2 Å². The van der Waals surface area contributed by atoms with Gasteiger partial charge in [-0.2, -0.15) is 5.26 Å². The van der Waals surface area contributed by atoms with Crippen LogP contribution in [0.4, 0.5) is 5.82 Å². The van der Waals surface area contributed by atoms with E-state index in [9.17, 15) is 10.1 Å². The van der Waals surface area contributed by atoms with Crippen molar-refractivity contribution in [2.75, 3.05) is 5.73 Å². The fraction of sp³-hybridized carbons (Fsp3) is 0.333. The summed E-state index contributed by atoms with van der Waals surface area (Å²) in [4.78, 5) is 15.0. The highest BCUT2D eigenvalue weighted by molar-refractivity contribution is 5.78. The van der Waals surface area contributed by atoms with E-state index < -0.39 is 5.97 Å². The zero-order chi connectivity index (χ0) is 16.4. The summed E-state index contributed by atoms with van der Waals surface area (Å²) in [5.74, 6) is -0.605. The van der Waals surface area contributed by atoms with E-state index in [1.165, 1.54) is 0 Å². The van der Waals surface area contributed by atoms with E-state index in [2.05, 4.69) is 10.1 Å². The van der Waals surface area contributed by atoms with E-state index in [1.54, 1.807) is 26.8 Å². The molecular weight excluding hydrogens is 284 g/mol. The summed E-state index contributed by atoms with van der Waals surface area (Å²) < 4.78 is 5.14. The maximum atomic E-state index is 10.9. The quantitative estimate of drug-likeness (QED) is 0.887. The van der Waals surface area contributed by atoms with Gasteiger partial charge in [-0.05, 0) is 19.9 Å². The van der Waals surface area contributed by atoms with Gasteiger partial charge in [0.15, 0.2) is 0 Å². The fourth-order valence-corrected chi connectivity index (χ4v) is 2.39. The number of pyridine rings is 1. The Kier molecular flexibility index (Phi) is 4.13. The predicted octanol–water partition coefficient (Wildman–Crippen LogP) is 2.39. The van der Waals surface area contributed by atoms with Crippen LogP contribution in [0.2, 0.25) is 0 Å². The first-order chi connectivity index (χ1) is 10.3. The van der Waals surface area contributed by atoms with Crippen molar-refractivity contribution in [3.8, 4) is 17.2 Å². The van der Waals surface area contributed by atoms with Crippen LogP contribution in [-0.2, 0) is 4.79 Å². The lowest BCUT2D eigenvalue weighted by Gasteiger charge is -2.13. The zero-order valence-electron chi connectivity index (χ0n) is 12.5. The average Bonchev–Trinajstić information content (AvgIpc) is 2.76. The largest absolute Gasteiger partial charge is 0.481 e. The second kappa shape index (κ2) is 5.85. The van der Waals surface area contributed by atoms with Crippen molar-refractivity contribution < 1.29 is 14.4 Å². The van der Waals surface area contributed by atoms with Crippen LogP contribution in [0.25, 0.3) is 11.1 Å². The first-order valence-electron chi connectivity index (χ1n) is 6.70. The Bertz CT molecular complexity index is 754. The number of nitriles is 1. The molecular formula is C15H16N4O3. The second-order valence-electron chi connectivity index (χ2n) is 5.16. The van der Waals surface area contributed by atoms with Crippen LogP contribution >= 0.6 is 0 Å². The number of aromatic nitrogens is 2. The smallest absolute Gasteiger partial charge is 0.304 e. The Hall–Kier alpha value is -2.88. The lowest BCUT2D eigenvalue weighted by Crippen LogP contribution is -2.08. The number of hydrogen-bond donors (Lipinski definition) is 2. The van der Waals surface area contributed by atoms with Gasteiger partial charge in [0.05, 0.1) is 12.1 Å². The molecule has 1 unspecified atom stereocenters. The number of carboxylic acid groups (broad SMARTS) is 1. The molecule has 2 heterocycles. The van der Waals surface area contributed by atoms with Gasteiger partial charge in [0.2, 0.25) is 0 Å².